The number of thiol groups is 1. The summed E-state index contributed by atoms with van der Waals surface area (Å²) in [6.07, 6.45) is 0. The van der Waals surface area contributed by atoms with Gasteiger partial charge in [0.15, 0.2) is 0 Å². The molecule has 0 saturated heterocycles. The molecule has 0 bridgehead atoms. The van der Waals surface area contributed by atoms with E-state index in [0.29, 0.717) is 4.32 Å². The SMILES string of the molecule is S=C(S)N(Cc1ccccc1)Cc1ccccc1.[BaH2]. The Morgan fingerprint density at radius 2 is 1.21 bits per heavy atom. The van der Waals surface area contributed by atoms with Gasteiger partial charge in [0.05, 0.1) is 0 Å². The van der Waals surface area contributed by atoms with Crippen molar-refractivity contribution in [1.29, 1.82) is 0 Å². The van der Waals surface area contributed by atoms with Gasteiger partial charge in [-0.25, -0.2) is 0 Å². The molecule has 1 nitrogen and oxygen atoms in total. The van der Waals surface area contributed by atoms with E-state index in [2.05, 4.69) is 41.8 Å². The Kier molecular flexibility index (Phi) is 8.41. The zero-order valence-corrected chi connectivity index (χ0v) is 11.7. The zero-order valence-electron chi connectivity index (χ0n) is 9.99. The summed E-state index contributed by atoms with van der Waals surface area (Å²) in [5.74, 6) is 0. The Morgan fingerprint density at radius 3 is 1.53 bits per heavy atom. The molecule has 0 spiro atoms. The molecular formula is C15H17BaNS2. The predicted octanol–water partition coefficient (Wildman–Crippen LogP) is 2.99. The topological polar surface area (TPSA) is 3.24 Å². The summed E-state index contributed by atoms with van der Waals surface area (Å²) in [7, 11) is 0. The Balaban J connectivity index is 0.00000180. The maximum absolute atomic E-state index is 5.21. The number of rotatable bonds is 4. The van der Waals surface area contributed by atoms with Gasteiger partial charge >= 0.3 is 48.9 Å². The molecule has 0 heterocycles. The molecule has 2 aromatic rings. The van der Waals surface area contributed by atoms with Gasteiger partial charge in [0.25, 0.3) is 0 Å². The van der Waals surface area contributed by atoms with Crippen molar-refractivity contribution < 1.29 is 0 Å². The molecule has 0 radical (unpaired) electrons. The van der Waals surface area contributed by atoms with Gasteiger partial charge in [-0.2, -0.15) is 0 Å². The van der Waals surface area contributed by atoms with E-state index in [-0.39, 0.29) is 48.9 Å². The van der Waals surface area contributed by atoms with Crippen LogP contribution in [0.4, 0.5) is 0 Å². The molecule has 2 rings (SSSR count). The summed E-state index contributed by atoms with van der Waals surface area (Å²) in [6.45, 7) is 1.58. The average molecular weight is 413 g/mol. The van der Waals surface area contributed by atoms with Crippen LogP contribution in [0, 0.1) is 0 Å². The number of benzene rings is 2. The Hall–Kier alpha value is 0.251. The molecule has 0 atom stereocenters. The molecule has 0 saturated carbocycles. The number of thiocarbonyl (C=S) groups is 1. The van der Waals surface area contributed by atoms with Gasteiger partial charge in [-0.15, -0.1) is 12.6 Å². The van der Waals surface area contributed by atoms with Crippen molar-refractivity contribution in [2.24, 2.45) is 0 Å². The van der Waals surface area contributed by atoms with Crippen molar-refractivity contribution in [3.8, 4) is 0 Å². The molecule has 0 aromatic heterocycles. The molecule has 19 heavy (non-hydrogen) atoms. The van der Waals surface area contributed by atoms with E-state index in [9.17, 15) is 0 Å². The molecule has 4 heteroatoms. The molecule has 0 amide bonds. The summed E-state index contributed by atoms with van der Waals surface area (Å²) < 4.78 is 0.628. The molecule has 0 fully saturated rings. The van der Waals surface area contributed by atoms with E-state index in [0.717, 1.165) is 13.1 Å². The molecule has 0 aliphatic heterocycles. The van der Waals surface area contributed by atoms with Crippen LogP contribution in [0.3, 0.4) is 0 Å². The van der Waals surface area contributed by atoms with Crippen LogP contribution >= 0.6 is 24.8 Å². The second-order valence-electron chi connectivity index (χ2n) is 4.11. The Morgan fingerprint density at radius 1 is 0.842 bits per heavy atom. The molecule has 0 aliphatic carbocycles. The second-order valence-corrected chi connectivity index (χ2v) is 5.22. The van der Waals surface area contributed by atoms with Crippen molar-refractivity contribution in [1.82, 2.24) is 4.90 Å². The Bertz CT molecular complexity index is 461. The summed E-state index contributed by atoms with van der Waals surface area (Å²) in [5, 5.41) is 0. The maximum atomic E-state index is 5.21. The van der Waals surface area contributed by atoms with Crippen molar-refractivity contribution >= 4 is 78.0 Å². The van der Waals surface area contributed by atoms with Gasteiger partial charge in [-0.05, 0) is 11.1 Å². The van der Waals surface area contributed by atoms with Crippen LogP contribution in [0.2, 0.25) is 0 Å². The van der Waals surface area contributed by atoms with Crippen LogP contribution in [0.15, 0.2) is 60.7 Å². The molecule has 0 unspecified atom stereocenters. The van der Waals surface area contributed by atoms with E-state index >= 15 is 0 Å². The van der Waals surface area contributed by atoms with Crippen LogP contribution < -0.4 is 0 Å². The first-order valence-electron chi connectivity index (χ1n) is 5.81. The molecular weight excluding hydrogens is 396 g/mol. The molecule has 0 N–H and O–H groups in total. The monoisotopic (exact) mass is 413 g/mol. The summed E-state index contributed by atoms with van der Waals surface area (Å²) in [5.41, 5.74) is 2.48. The fourth-order valence-electron chi connectivity index (χ4n) is 1.80. The zero-order chi connectivity index (χ0) is 12.8. The van der Waals surface area contributed by atoms with Crippen LogP contribution in [0.25, 0.3) is 0 Å². The third-order valence-corrected chi connectivity index (χ3v) is 3.24. The van der Waals surface area contributed by atoms with E-state index in [1.807, 2.05) is 36.4 Å². The molecule has 2 aromatic carbocycles. The van der Waals surface area contributed by atoms with E-state index in [1.54, 1.807) is 0 Å². The van der Waals surface area contributed by atoms with Crippen LogP contribution in [0.1, 0.15) is 11.1 Å². The fourth-order valence-corrected chi connectivity index (χ4v) is 2.07. The van der Waals surface area contributed by atoms with Crippen LogP contribution in [-0.2, 0) is 13.1 Å². The van der Waals surface area contributed by atoms with E-state index in [1.165, 1.54) is 11.1 Å². The standard InChI is InChI=1S/C15H15NS2.Ba.2H/c17-15(18)16(11-13-7-3-1-4-8-13)12-14-9-5-2-6-10-14;;;/h1-10H,11-12H2,(H,17,18);;;. The summed E-state index contributed by atoms with van der Waals surface area (Å²) in [4.78, 5) is 2.09. The van der Waals surface area contributed by atoms with Gasteiger partial charge < -0.3 is 4.90 Å². The minimum absolute atomic E-state index is 0. The predicted molar refractivity (Wildman–Crippen MR) is 92.3 cm³/mol. The van der Waals surface area contributed by atoms with Crippen molar-refractivity contribution in [3.05, 3.63) is 71.8 Å². The van der Waals surface area contributed by atoms with E-state index < -0.39 is 0 Å². The molecule has 0 aliphatic rings. The minimum atomic E-state index is 0. The van der Waals surface area contributed by atoms with Gasteiger partial charge in [0, 0.05) is 13.1 Å². The fraction of sp³-hybridized carbons (Fsp3) is 0.133. The first-order valence-corrected chi connectivity index (χ1v) is 6.67. The number of hydrogen-bond acceptors (Lipinski definition) is 1. The second kappa shape index (κ2) is 9.24. The Labute approximate surface area is 165 Å². The molecule has 96 valence electrons. The van der Waals surface area contributed by atoms with Crippen molar-refractivity contribution in [2.45, 2.75) is 13.1 Å². The number of nitrogens with zero attached hydrogens (tertiary/aromatic N) is 1. The third kappa shape index (κ3) is 6.04. The van der Waals surface area contributed by atoms with Crippen LogP contribution in [-0.4, -0.2) is 58.1 Å². The normalized spacial score (nSPS) is 9.53. The summed E-state index contributed by atoms with van der Waals surface area (Å²) in [6, 6.07) is 20.6. The van der Waals surface area contributed by atoms with Gasteiger partial charge in [0.1, 0.15) is 4.32 Å². The van der Waals surface area contributed by atoms with Gasteiger partial charge in [-0.3, -0.25) is 0 Å². The average Bonchev–Trinajstić information content (AvgIpc) is 2.40. The van der Waals surface area contributed by atoms with E-state index in [4.69, 9.17) is 12.2 Å². The van der Waals surface area contributed by atoms with Gasteiger partial charge in [0.2, 0.25) is 0 Å². The van der Waals surface area contributed by atoms with Gasteiger partial charge in [-0.1, -0.05) is 72.9 Å². The first kappa shape index (κ1) is 17.3. The van der Waals surface area contributed by atoms with Crippen molar-refractivity contribution in [3.63, 3.8) is 0 Å². The quantitative estimate of drug-likeness (QED) is 0.467. The summed E-state index contributed by atoms with van der Waals surface area (Å²) >= 11 is 9.52. The first-order chi connectivity index (χ1) is 8.75. The van der Waals surface area contributed by atoms with Crippen LogP contribution in [0.5, 0.6) is 0 Å². The number of hydrogen-bond donors (Lipinski definition) is 1. The third-order valence-electron chi connectivity index (χ3n) is 2.70. The van der Waals surface area contributed by atoms with Crippen molar-refractivity contribution in [2.75, 3.05) is 0 Å².